The Kier molecular flexibility index (Phi) is 3.52. The molecule has 1 unspecified atom stereocenters. The van der Waals surface area contributed by atoms with Gasteiger partial charge in [0.05, 0.1) is 19.3 Å². The number of para-hydroxylation sites is 1. The van der Waals surface area contributed by atoms with Crippen molar-refractivity contribution in [3.8, 4) is 0 Å². The van der Waals surface area contributed by atoms with E-state index < -0.39 is 0 Å². The van der Waals surface area contributed by atoms with Crippen LogP contribution in [-0.2, 0) is 4.74 Å². The molecule has 3 nitrogen and oxygen atoms in total. The summed E-state index contributed by atoms with van der Waals surface area (Å²) >= 11 is 0. The van der Waals surface area contributed by atoms with Gasteiger partial charge in [0, 0.05) is 11.3 Å². The van der Waals surface area contributed by atoms with E-state index >= 15 is 0 Å². The minimum absolute atomic E-state index is 0.0235. The molecule has 0 aliphatic carbocycles. The minimum Gasteiger partial charge on any atom is -0.371 e. The molecule has 1 saturated heterocycles. The van der Waals surface area contributed by atoms with Crippen LogP contribution in [0.3, 0.4) is 0 Å². The molecular formula is C17H17NO2. The molecule has 2 aromatic carbocycles. The number of epoxide rings is 1. The number of anilines is 1. The van der Waals surface area contributed by atoms with Crippen LogP contribution in [0, 0.1) is 6.92 Å². The van der Waals surface area contributed by atoms with E-state index in [4.69, 9.17) is 4.74 Å². The molecule has 2 aromatic rings. The van der Waals surface area contributed by atoms with E-state index in [2.05, 4.69) is 0 Å². The fourth-order valence-electron chi connectivity index (χ4n) is 2.22. The lowest BCUT2D eigenvalue weighted by molar-refractivity contribution is 0.0984. The highest BCUT2D eigenvalue weighted by Gasteiger charge is 2.29. The van der Waals surface area contributed by atoms with Crippen LogP contribution in [0.2, 0.25) is 0 Å². The minimum atomic E-state index is 0.0235. The summed E-state index contributed by atoms with van der Waals surface area (Å²) in [6.07, 6.45) is 0.170. The van der Waals surface area contributed by atoms with E-state index in [1.54, 1.807) is 4.90 Å². The van der Waals surface area contributed by atoms with Gasteiger partial charge in [-0.1, -0.05) is 35.9 Å². The summed E-state index contributed by atoms with van der Waals surface area (Å²) in [7, 11) is 0. The van der Waals surface area contributed by atoms with E-state index in [1.165, 1.54) is 0 Å². The summed E-state index contributed by atoms with van der Waals surface area (Å²) in [5.74, 6) is 0.0235. The van der Waals surface area contributed by atoms with Crippen LogP contribution in [0.15, 0.2) is 54.6 Å². The third kappa shape index (κ3) is 2.89. The van der Waals surface area contributed by atoms with Crippen LogP contribution >= 0.6 is 0 Å². The van der Waals surface area contributed by atoms with Crippen LogP contribution in [0.5, 0.6) is 0 Å². The molecule has 0 N–H and O–H groups in total. The molecule has 1 aliphatic heterocycles. The fourth-order valence-corrected chi connectivity index (χ4v) is 2.22. The number of benzene rings is 2. The van der Waals surface area contributed by atoms with E-state index in [0.717, 1.165) is 23.4 Å². The highest BCUT2D eigenvalue weighted by Crippen LogP contribution is 2.21. The number of carbonyl (C=O) groups excluding carboxylic acids is 1. The Morgan fingerprint density at radius 1 is 1.20 bits per heavy atom. The fraction of sp³-hybridized carbons (Fsp3) is 0.235. The monoisotopic (exact) mass is 267 g/mol. The lowest BCUT2D eigenvalue weighted by Gasteiger charge is -2.22. The van der Waals surface area contributed by atoms with Crippen molar-refractivity contribution in [1.82, 2.24) is 0 Å². The summed E-state index contributed by atoms with van der Waals surface area (Å²) in [5, 5.41) is 0. The SMILES string of the molecule is Cc1cccc(C(=O)N(CC2CO2)c2ccccc2)c1. The number of aryl methyl sites for hydroxylation is 1. The average Bonchev–Trinajstić information content (AvgIpc) is 3.29. The molecule has 1 heterocycles. The van der Waals surface area contributed by atoms with Gasteiger partial charge in [-0.25, -0.2) is 0 Å². The molecule has 1 fully saturated rings. The zero-order valence-corrected chi connectivity index (χ0v) is 11.5. The first-order chi connectivity index (χ1) is 9.74. The van der Waals surface area contributed by atoms with Gasteiger partial charge in [0.2, 0.25) is 0 Å². The van der Waals surface area contributed by atoms with Gasteiger partial charge in [-0.2, -0.15) is 0 Å². The highest BCUT2D eigenvalue weighted by molar-refractivity contribution is 6.06. The molecule has 1 amide bonds. The van der Waals surface area contributed by atoms with Crippen LogP contribution < -0.4 is 4.90 Å². The van der Waals surface area contributed by atoms with Gasteiger partial charge in [-0.05, 0) is 31.2 Å². The number of rotatable bonds is 4. The second-order valence-electron chi connectivity index (χ2n) is 5.08. The van der Waals surface area contributed by atoms with Crippen molar-refractivity contribution in [3.05, 3.63) is 65.7 Å². The van der Waals surface area contributed by atoms with Gasteiger partial charge in [0.15, 0.2) is 0 Å². The first-order valence-electron chi connectivity index (χ1n) is 6.79. The van der Waals surface area contributed by atoms with Gasteiger partial charge in [-0.3, -0.25) is 4.79 Å². The average molecular weight is 267 g/mol. The van der Waals surface area contributed by atoms with Crippen molar-refractivity contribution in [1.29, 1.82) is 0 Å². The Morgan fingerprint density at radius 2 is 1.95 bits per heavy atom. The Labute approximate surface area is 118 Å². The van der Waals surface area contributed by atoms with Crippen LogP contribution in [0.25, 0.3) is 0 Å². The number of amides is 1. The van der Waals surface area contributed by atoms with Crippen molar-refractivity contribution in [3.63, 3.8) is 0 Å². The molecule has 0 spiro atoms. The molecule has 102 valence electrons. The van der Waals surface area contributed by atoms with Crippen molar-refractivity contribution >= 4 is 11.6 Å². The van der Waals surface area contributed by atoms with Gasteiger partial charge < -0.3 is 9.64 Å². The largest absolute Gasteiger partial charge is 0.371 e. The van der Waals surface area contributed by atoms with Gasteiger partial charge in [-0.15, -0.1) is 0 Å². The summed E-state index contributed by atoms with van der Waals surface area (Å²) in [4.78, 5) is 14.5. The Morgan fingerprint density at radius 3 is 2.60 bits per heavy atom. The maximum atomic E-state index is 12.7. The number of nitrogens with zero attached hydrogens (tertiary/aromatic N) is 1. The van der Waals surface area contributed by atoms with Crippen molar-refractivity contribution in [2.75, 3.05) is 18.1 Å². The van der Waals surface area contributed by atoms with Crippen LogP contribution in [0.4, 0.5) is 5.69 Å². The smallest absolute Gasteiger partial charge is 0.258 e. The lowest BCUT2D eigenvalue weighted by Crippen LogP contribution is -2.34. The zero-order valence-electron chi connectivity index (χ0n) is 11.5. The first-order valence-corrected chi connectivity index (χ1v) is 6.79. The Bertz CT molecular complexity index is 605. The summed E-state index contributed by atoms with van der Waals surface area (Å²) in [6.45, 7) is 3.34. The third-order valence-electron chi connectivity index (χ3n) is 3.37. The quantitative estimate of drug-likeness (QED) is 0.798. The van der Waals surface area contributed by atoms with Crippen molar-refractivity contribution in [2.24, 2.45) is 0 Å². The summed E-state index contributed by atoms with van der Waals surface area (Å²) in [5.41, 5.74) is 2.72. The highest BCUT2D eigenvalue weighted by atomic mass is 16.6. The van der Waals surface area contributed by atoms with Gasteiger partial charge >= 0.3 is 0 Å². The van der Waals surface area contributed by atoms with E-state index in [0.29, 0.717) is 6.54 Å². The number of ether oxygens (including phenoxy) is 1. The molecule has 1 atom stereocenters. The maximum absolute atomic E-state index is 12.7. The summed E-state index contributed by atoms with van der Waals surface area (Å²) in [6, 6.07) is 17.4. The van der Waals surface area contributed by atoms with E-state index in [-0.39, 0.29) is 12.0 Å². The molecule has 1 aliphatic rings. The van der Waals surface area contributed by atoms with Gasteiger partial charge in [0.25, 0.3) is 5.91 Å². The predicted molar refractivity (Wildman–Crippen MR) is 79.0 cm³/mol. The van der Waals surface area contributed by atoms with Crippen LogP contribution in [-0.4, -0.2) is 25.2 Å². The second-order valence-corrected chi connectivity index (χ2v) is 5.08. The van der Waals surface area contributed by atoms with E-state index in [9.17, 15) is 4.79 Å². The van der Waals surface area contributed by atoms with Crippen molar-refractivity contribution < 1.29 is 9.53 Å². The molecule has 0 bridgehead atoms. The zero-order chi connectivity index (χ0) is 13.9. The molecule has 3 rings (SSSR count). The molecular weight excluding hydrogens is 250 g/mol. The lowest BCUT2D eigenvalue weighted by atomic mass is 10.1. The molecule has 0 saturated carbocycles. The van der Waals surface area contributed by atoms with Crippen molar-refractivity contribution in [2.45, 2.75) is 13.0 Å². The van der Waals surface area contributed by atoms with E-state index in [1.807, 2.05) is 61.5 Å². The predicted octanol–water partition coefficient (Wildman–Crippen LogP) is 3.04. The molecule has 20 heavy (non-hydrogen) atoms. The number of hydrogen-bond donors (Lipinski definition) is 0. The molecule has 0 aromatic heterocycles. The molecule has 3 heteroatoms. The number of carbonyl (C=O) groups is 1. The topological polar surface area (TPSA) is 32.8 Å². The normalized spacial score (nSPS) is 16.8. The second kappa shape index (κ2) is 5.47. The Balaban J connectivity index is 1.90. The number of hydrogen-bond acceptors (Lipinski definition) is 2. The Hall–Kier alpha value is -2.13. The van der Waals surface area contributed by atoms with Gasteiger partial charge in [0.1, 0.15) is 0 Å². The standard InChI is InChI=1S/C17H17NO2/c1-13-6-5-7-14(10-13)17(19)18(11-16-12-20-16)15-8-3-2-4-9-15/h2-10,16H,11-12H2,1H3. The maximum Gasteiger partial charge on any atom is 0.258 e. The summed E-state index contributed by atoms with van der Waals surface area (Å²) < 4.78 is 5.28. The molecule has 0 radical (unpaired) electrons. The first kappa shape index (κ1) is 12.9. The third-order valence-corrected chi connectivity index (χ3v) is 3.37. The van der Waals surface area contributed by atoms with Crippen LogP contribution in [0.1, 0.15) is 15.9 Å².